The summed E-state index contributed by atoms with van der Waals surface area (Å²) in [4.78, 5) is 16.8. The Balaban J connectivity index is 1.64. The maximum absolute atomic E-state index is 13.5. The molecule has 1 atom stereocenters. The van der Waals surface area contributed by atoms with E-state index in [-0.39, 0.29) is 17.3 Å². The Kier molecular flexibility index (Phi) is 4.35. The summed E-state index contributed by atoms with van der Waals surface area (Å²) in [5.41, 5.74) is 0.0277. The van der Waals surface area contributed by atoms with Gasteiger partial charge in [0.15, 0.2) is 11.3 Å². The number of hydrogen-bond acceptors (Lipinski definition) is 4. The third-order valence-corrected chi connectivity index (χ3v) is 4.74. The molecule has 1 amide bonds. The van der Waals surface area contributed by atoms with E-state index in [1.165, 1.54) is 6.07 Å². The first-order valence-corrected chi connectivity index (χ1v) is 9.08. The number of alkyl halides is 3. The first kappa shape index (κ1) is 18.5. The van der Waals surface area contributed by atoms with Crippen LogP contribution in [-0.2, 0) is 12.7 Å². The van der Waals surface area contributed by atoms with Crippen molar-refractivity contribution in [3.8, 4) is 0 Å². The zero-order chi connectivity index (χ0) is 20.1. The summed E-state index contributed by atoms with van der Waals surface area (Å²) in [6.07, 6.45) is -1.15. The minimum Gasteiger partial charge on any atom is -0.342 e. The fourth-order valence-electron chi connectivity index (χ4n) is 3.02. The summed E-state index contributed by atoms with van der Waals surface area (Å²) in [5, 5.41) is 10.9. The lowest BCUT2D eigenvalue weighted by molar-refractivity contribution is -0.142. The standard InChI is InChI=1S/C18H19F3N6O/c1-3-26-7-6-12(24-26)10(2)22-17(28)14-9-16-23-13(11-4-5-11)8-15(18(19,20)21)27(16)25-14/h6-11H,3-5H2,1-2H3,(H,22,28). The molecule has 3 aromatic heterocycles. The molecule has 7 nitrogen and oxygen atoms in total. The smallest absolute Gasteiger partial charge is 0.342 e. The molecule has 0 radical (unpaired) electrons. The van der Waals surface area contributed by atoms with Gasteiger partial charge in [-0.3, -0.25) is 9.48 Å². The average Bonchev–Trinajstić information content (AvgIpc) is 3.21. The van der Waals surface area contributed by atoms with Gasteiger partial charge in [-0.2, -0.15) is 23.4 Å². The quantitative estimate of drug-likeness (QED) is 0.723. The minimum absolute atomic E-state index is 0.0183. The Labute approximate surface area is 158 Å². The molecular weight excluding hydrogens is 373 g/mol. The fraction of sp³-hybridized carbons (Fsp3) is 0.444. The monoisotopic (exact) mass is 392 g/mol. The van der Waals surface area contributed by atoms with E-state index in [9.17, 15) is 18.0 Å². The highest BCUT2D eigenvalue weighted by Gasteiger charge is 2.37. The molecule has 10 heteroatoms. The van der Waals surface area contributed by atoms with Crippen LogP contribution in [-0.4, -0.2) is 30.3 Å². The molecule has 1 N–H and O–H groups in total. The Morgan fingerprint density at radius 2 is 2.07 bits per heavy atom. The maximum atomic E-state index is 13.5. The zero-order valence-electron chi connectivity index (χ0n) is 15.4. The van der Waals surface area contributed by atoms with Gasteiger partial charge in [-0.05, 0) is 38.8 Å². The molecule has 0 saturated heterocycles. The number of carbonyl (C=O) groups excluding carboxylic acids is 1. The maximum Gasteiger partial charge on any atom is 0.433 e. The number of carbonyl (C=O) groups is 1. The number of amides is 1. The number of nitrogens with one attached hydrogen (secondary N) is 1. The van der Waals surface area contributed by atoms with Crippen LogP contribution in [0.4, 0.5) is 13.2 Å². The van der Waals surface area contributed by atoms with E-state index < -0.39 is 23.8 Å². The molecule has 1 aliphatic rings. The van der Waals surface area contributed by atoms with Gasteiger partial charge >= 0.3 is 6.18 Å². The van der Waals surface area contributed by atoms with Crippen LogP contribution in [0.15, 0.2) is 24.4 Å². The first-order valence-electron chi connectivity index (χ1n) is 9.08. The van der Waals surface area contributed by atoms with Crippen molar-refractivity contribution in [1.29, 1.82) is 0 Å². The van der Waals surface area contributed by atoms with Gasteiger partial charge in [-0.15, -0.1) is 0 Å². The number of halogens is 3. The molecule has 1 saturated carbocycles. The molecule has 0 bridgehead atoms. The third-order valence-electron chi connectivity index (χ3n) is 4.74. The summed E-state index contributed by atoms with van der Waals surface area (Å²) in [6.45, 7) is 4.39. The van der Waals surface area contributed by atoms with Crippen LogP contribution in [0.1, 0.15) is 66.2 Å². The third kappa shape index (κ3) is 3.46. The zero-order valence-corrected chi connectivity index (χ0v) is 15.4. The molecule has 0 aliphatic heterocycles. The average molecular weight is 392 g/mol. The number of aryl methyl sites for hydroxylation is 1. The molecule has 3 heterocycles. The van der Waals surface area contributed by atoms with Gasteiger partial charge in [0.1, 0.15) is 5.69 Å². The van der Waals surface area contributed by atoms with Gasteiger partial charge in [0.2, 0.25) is 0 Å². The van der Waals surface area contributed by atoms with Crippen LogP contribution >= 0.6 is 0 Å². The summed E-state index contributed by atoms with van der Waals surface area (Å²) < 4.78 is 42.8. The van der Waals surface area contributed by atoms with Gasteiger partial charge in [-0.1, -0.05) is 0 Å². The van der Waals surface area contributed by atoms with E-state index in [1.54, 1.807) is 23.9 Å². The van der Waals surface area contributed by atoms with Crippen molar-refractivity contribution in [2.45, 2.75) is 51.4 Å². The van der Waals surface area contributed by atoms with Gasteiger partial charge in [-0.25, -0.2) is 9.50 Å². The Morgan fingerprint density at radius 3 is 2.68 bits per heavy atom. The van der Waals surface area contributed by atoms with E-state index in [0.717, 1.165) is 18.9 Å². The second-order valence-corrected chi connectivity index (χ2v) is 6.93. The Hall–Kier alpha value is -2.91. The van der Waals surface area contributed by atoms with Crippen molar-refractivity contribution in [3.05, 3.63) is 47.2 Å². The van der Waals surface area contributed by atoms with Crippen LogP contribution in [0.2, 0.25) is 0 Å². The van der Waals surface area contributed by atoms with Crippen LogP contribution in [0.3, 0.4) is 0 Å². The lowest BCUT2D eigenvalue weighted by atomic mass is 10.2. The number of hydrogen-bond donors (Lipinski definition) is 1. The topological polar surface area (TPSA) is 77.1 Å². The molecule has 148 valence electrons. The van der Waals surface area contributed by atoms with Crippen LogP contribution in [0, 0.1) is 0 Å². The predicted molar refractivity (Wildman–Crippen MR) is 93.7 cm³/mol. The van der Waals surface area contributed by atoms with Crippen molar-refractivity contribution in [3.63, 3.8) is 0 Å². The first-order chi connectivity index (χ1) is 13.3. The fourth-order valence-corrected chi connectivity index (χ4v) is 3.02. The van der Waals surface area contributed by atoms with E-state index in [2.05, 4.69) is 20.5 Å². The van der Waals surface area contributed by atoms with Crippen molar-refractivity contribution >= 4 is 11.6 Å². The van der Waals surface area contributed by atoms with Gasteiger partial charge in [0.25, 0.3) is 5.91 Å². The highest BCUT2D eigenvalue weighted by atomic mass is 19.4. The molecule has 0 aromatic carbocycles. The van der Waals surface area contributed by atoms with Gasteiger partial charge < -0.3 is 5.32 Å². The van der Waals surface area contributed by atoms with E-state index in [1.807, 2.05) is 6.92 Å². The predicted octanol–water partition coefficient (Wildman–Crippen LogP) is 3.33. The van der Waals surface area contributed by atoms with E-state index in [0.29, 0.717) is 22.4 Å². The van der Waals surface area contributed by atoms with Gasteiger partial charge in [0.05, 0.1) is 11.7 Å². The SMILES string of the molecule is CCn1ccc(C(C)NC(=O)c2cc3nc(C4CC4)cc(C(F)(F)F)n3n2)n1. The van der Waals surface area contributed by atoms with Crippen molar-refractivity contribution in [1.82, 2.24) is 29.7 Å². The lowest BCUT2D eigenvalue weighted by Gasteiger charge is -2.11. The second kappa shape index (κ2) is 6.61. The summed E-state index contributed by atoms with van der Waals surface area (Å²) in [6, 6.07) is 3.68. The molecule has 3 aromatic rings. The molecule has 1 unspecified atom stereocenters. The number of rotatable bonds is 5. The second-order valence-electron chi connectivity index (χ2n) is 6.93. The minimum atomic E-state index is -4.59. The molecule has 4 rings (SSSR count). The number of nitrogens with zero attached hydrogens (tertiary/aromatic N) is 5. The molecule has 1 fully saturated rings. The molecule has 1 aliphatic carbocycles. The Bertz CT molecular complexity index is 1030. The van der Waals surface area contributed by atoms with Crippen LogP contribution in [0.25, 0.3) is 5.65 Å². The number of fused-ring (bicyclic) bond motifs is 1. The molecule has 0 spiro atoms. The largest absolute Gasteiger partial charge is 0.433 e. The summed E-state index contributed by atoms with van der Waals surface area (Å²) >= 11 is 0. The Morgan fingerprint density at radius 1 is 1.32 bits per heavy atom. The highest BCUT2D eigenvalue weighted by molar-refractivity contribution is 5.93. The lowest BCUT2D eigenvalue weighted by Crippen LogP contribution is -2.27. The summed E-state index contributed by atoms with van der Waals surface area (Å²) in [7, 11) is 0. The van der Waals surface area contributed by atoms with E-state index in [4.69, 9.17) is 0 Å². The highest BCUT2D eigenvalue weighted by Crippen LogP contribution is 2.41. The van der Waals surface area contributed by atoms with Crippen molar-refractivity contribution < 1.29 is 18.0 Å². The molecular formula is C18H19F3N6O. The van der Waals surface area contributed by atoms with Crippen LogP contribution < -0.4 is 5.32 Å². The molecule has 28 heavy (non-hydrogen) atoms. The van der Waals surface area contributed by atoms with Crippen LogP contribution in [0.5, 0.6) is 0 Å². The van der Waals surface area contributed by atoms with Crippen molar-refractivity contribution in [2.75, 3.05) is 0 Å². The number of aromatic nitrogens is 5. The van der Waals surface area contributed by atoms with E-state index >= 15 is 0 Å². The summed E-state index contributed by atoms with van der Waals surface area (Å²) in [5.74, 6) is -0.530. The normalized spacial score (nSPS) is 15.8. The van der Waals surface area contributed by atoms with Gasteiger partial charge in [0, 0.05) is 30.4 Å². The van der Waals surface area contributed by atoms with Crippen molar-refractivity contribution in [2.24, 2.45) is 0 Å².